The molecule has 0 radical (unpaired) electrons. The number of anilines is 1. The van der Waals surface area contributed by atoms with Gasteiger partial charge in [-0.2, -0.15) is 0 Å². The zero-order chi connectivity index (χ0) is 20.1. The fraction of sp³-hybridized carbons (Fsp3) is 0.286. The van der Waals surface area contributed by atoms with Crippen LogP contribution in [0.3, 0.4) is 0 Å². The van der Waals surface area contributed by atoms with Crippen LogP contribution in [0.5, 0.6) is 0 Å². The van der Waals surface area contributed by atoms with Gasteiger partial charge in [0.2, 0.25) is 5.91 Å². The predicted molar refractivity (Wildman–Crippen MR) is 106 cm³/mol. The number of morpholine rings is 1. The van der Waals surface area contributed by atoms with E-state index < -0.39 is 5.82 Å². The summed E-state index contributed by atoms with van der Waals surface area (Å²) in [6, 6.07) is 8.47. The number of rotatable bonds is 5. The van der Waals surface area contributed by atoms with E-state index in [1.165, 1.54) is 36.4 Å². The van der Waals surface area contributed by atoms with Crippen LogP contribution in [-0.4, -0.2) is 32.2 Å². The summed E-state index contributed by atoms with van der Waals surface area (Å²) in [6.07, 6.45) is 2.86. The van der Waals surface area contributed by atoms with Gasteiger partial charge in [-0.05, 0) is 48.4 Å². The highest BCUT2D eigenvalue weighted by molar-refractivity contribution is 6.32. The van der Waals surface area contributed by atoms with Gasteiger partial charge in [0.25, 0.3) is 0 Å². The molecule has 3 rings (SSSR count). The van der Waals surface area contributed by atoms with Gasteiger partial charge >= 0.3 is 0 Å². The van der Waals surface area contributed by atoms with Crippen molar-refractivity contribution in [3.63, 3.8) is 0 Å². The molecular formula is C21H21ClF2N2O2. The SMILES string of the molecule is CC(NC(=O)/C=C/c1ccc(F)cc1Cl)c1ccc(F)c(N2CCOCC2)c1. The van der Waals surface area contributed by atoms with Crippen LogP contribution in [0, 0.1) is 11.6 Å². The first-order valence-corrected chi connectivity index (χ1v) is 9.37. The highest BCUT2D eigenvalue weighted by Crippen LogP contribution is 2.25. The van der Waals surface area contributed by atoms with Gasteiger partial charge < -0.3 is 15.0 Å². The Morgan fingerprint density at radius 1 is 1.21 bits per heavy atom. The van der Waals surface area contributed by atoms with Crippen molar-refractivity contribution in [3.8, 4) is 0 Å². The molecule has 1 aliphatic rings. The summed E-state index contributed by atoms with van der Waals surface area (Å²) in [5.74, 6) is -1.06. The summed E-state index contributed by atoms with van der Waals surface area (Å²) in [6.45, 7) is 4.21. The number of carbonyl (C=O) groups is 1. The Hall–Kier alpha value is -2.44. The second-order valence-corrected chi connectivity index (χ2v) is 6.95. The quantitative estimate of drug-likeness (QED) is 0.751. The highest BCUT2D eigenvalue weighted by Gasteiger charge is 2.17. The maximum absolute atomic E-state index is 14.2. The molecule has 0 spiro atoms. The lowest BCUT2D eigenvalue weighted by atomic mass is 10.1. The smallest absolute Gasteiger partial charge is 0.244 e. The minimum Gasteiger partial charge on any atom is -0.378 e. The second-order valence-electron chi connectivity index (χ2n) is 6.54. The van der Waals surface area contributed by atoms with Crippen LogP contribution in [0.4, 0.5) is 14.5 Å². The minimum atomic E-state index is -0.437. The molecule has 2 aromatic carbocycles. The van der Waals surface area contributed by atoms with E-state index in [0.717, 1.165) is 5.56 Å². The summed E-state index contributed by atoms with van der Waals surface area (Å²) in [4.78, 5) is 14.2. The molecule has 148 valence electrons. The van der Waals surface area contributed by atoms with Crippen molar-refractivity contribution in [1.82, 2.24) is 5.32 Å². The lowest BCUT2D eigenvalue weighted by molar-refractivity contribution is -0.117. The minimum absolute atomic E-state index is 0.228. The van der Waals surface area contributed by atoms with Crippen LogP contribution < -0.4 is 10.2 Å². The third-order valence-corrected chi connectivity index (χ3v) is 4.88. The first kappa shape index (κ1) is 20.3. The Balaban J connectivity index is 1.67. The molecule has 1 aliphatic heterocycles. The molecule has 1 unspecified atom stereocenters. The van der Waals surface area contributed by atoms with E-state index in [1.807, 2.05) is 11.8 Å². The summed E-state index contributed by atoms with van der Waals surface area (Å²) >= 11 is 5.95. The highest BCUT2D eigenvalue weighted by atomic mass is 35.5. The van der Waals surface area contributed by atoms with E-state index in [-0.39, 0.29) is 22.8 Å². The van der Waals surface area contributed by atoms with Crippen molar-refractivity contribution in [1.29, 1.82) is 0 Å². The van der Waals surface area contributed by atoms with Crippen LogP contribution in [-0.2, 0) is 9.53 Å². The molecule has 1 atom stereocenters. The zero-order valence-corrected chi connectivity index (χ0v) is 16.2. The molecular weight excluding hydrogens is 386 g/mol. The Morgan fingerprint density at radius 2 is 1.96 bits per heavy atom. The monoisotopic (exact) mass is 406 g/mol. The number of ether oxygens (including phenoxy) is 1. The lowest BCUT2D eigenvalue weighted by Crippen LogP contribution is -2.37. The van der Waals surface area contributed by atoms with Gasteiger partial charge in [0.05, 0.1) is 30.0 Å². The Morgan fingerprint density at radius 3 is 2.68 bits per heavy atom. The van der Waals surface area contributed by atoms with Crippen LogP contribution in [0.15, 0.2) is 42.5 Å². The largest absolute Gasteiger partial charge is 0.378 e. The van der Waals surface area contributed by atoms with Crippen molar-refractivity contribution in [2.75, 3.05) is 31.2 Å². The van der Waals surface area contributed by atoms with Crippen molar-refractivity contribution in [3.05, 3.63) is 70.3 Å². The van der Waals surface area contributed by atoms with Gasteiger partial charge in [-0.1, -0.05) is 23.7 Å². The lowest BCUT2D eigenvalue weighted by Gasteiger charge is -2.29. The Kier molecular flexibility index (Phi) is 6.65. The molecule has 0 bridgehead atoms. The van der Waals surface area contributed by atoms with Gasteiger partial charge in [0.1, 0.15) is 11.6 Å². The third kappa shape index (κ3) is 5.09. The number of hydrogen-bond donors (Lipinski definition) is 1. The summed E-state index contributed by atoms with van der Waals surface area (Å²) in [5.41, 5.74) is 1.85. The normalized spacial score (nSPS) is 15.6. The van der Waals surface area contributed by atoms with Crippen molar-refractivity contribution >= 4 is 29.3 Å². The van der Waals surface area contributed by atoms with Crippen LogP contribution in [0.25, 0.3) is 6.08 Å². The average Bonchev–Trinajstić information content (AvgIpc) is 2.68. The van der Waals surface area contributed by atoms with Crippen LogP contribution in [0.1, 0.15) is 24.1 Å². The molecule has 4 nitrogen and oxygen atoms in total. The summed E-state index contributed by atoms with van der Waals surface area (Å²) in [5, 5.41) is 3.07. The standard InChI is InChI=1S/C21H21ClF2N2O2/c1-14(25-21(27)7-4-15-2-5-17(23)13-18(15)22)16-3-6-19(24)20(12-16)26-8-10-28-11-9-26/h2-7,12-14H,8-11H2,1H3,(H,25,27)/b7-4+. The molecule has 28 heavy (non-hydrogen) atoms. The third-order valence-electron chi connectivity index (χ3n) is 4.56. The van der Waals surface area contributed by atoms with Crippen molar-refractivity contribution in [2.24, 2.45) is 0 Å². The predicted octanol–water partition coefficient (Wildman–Crippen LogP) is 4.35. The Labute approximate surface area is 167 Å². The molecule has 2 aromatic rings. The molecule has 1 N–H and O–H groups in total. The van der Waals surface area contributed by atoms with Gasteiger partial charge in [0.15, 0.2) is 0 Å². The van der Waals surface area contributed by atoms with Gasteiger partial charge in [-0.3, -0.25) is 4.79 Å². The van der Waals surface area contributed by atoms with E-state index in [1.54, 1.807) is 12.1 Å². The molecule has 0 aromatic heterocycles. The van der Waals surface area contributed by atoms with Gasteiger partial charge in [-0.15, -0.1) is 0 Å². The summed E-state index contributed by atoms with van der Waals surface area (Å²) < 4.78 is 32.6. The van der Waals surface area contributed by atoms with Crippen LogP contribution >= 0.6 is 11.6 Å². The van der Waals surface area contributed by atoms with E-state index in [4.69, 9.17) is 16.3 Å². The molecule has 1 saturated heterocycles. The van der Waals surface area contributed by atoms with Gasteiger partial charge in [0, 0.05) is 19.2 Å². The molecule has 0 saturated carbocycles. The van der Waals surface area contributed by atoms with E-state index in [2.05, 4.69) is 5.32 Å². The fourth-order valence-corrected chi connectivity index (χ4v) is 3.22. The number of carbonyl (C=O) groups excluding carboxylic acids is 1. The molecule has 7 heteroatoms. The van der Waals surface area contributed by atoms with Crippen molar-refractivity contribution < 1.29 is 18.3 Å². The number of amides is 1. The van der Waals surface area contributed by atoms with Crippen LogP contribution in [0.2, 0.25) is 5.02 Å². The van der Waals surface area contributed by atoms with Gasteiger partial charge in [-0.25, -0.2) is 8.78 Å². The topological polar surface area (TPSA) is 41.6 Å². The molecule has 1 heterocycles. The molecule has 0 aliphatic carbocycles. The van der Waals surface area contributed by atoms with E-state index >= 15 is 0 Å². The number of benzene rings is 2. The number of nitrogens with zero attached hydrogens (tertiary/aromatic N) is 1. The van der Waals surface area contributed by atoms with Crippen molar-refractivity contribution in [2.45, 2.75) is 13.0 Å². The number of halogens is 3. The fourth-order valence-electron chi connectivity index (χ4n) is 2.99. The van der Waals surface area contributed by atoms with E-state index in [9.17, 15) is 13.6 Å². The maximum Gasteiger partial charge on any atom is 0.244 e. The summed E-state index contributed by atoms with van der Waals surface area (Å²) in [7, 11) is 0. The Bertz CT molecular complexity index is 883. The average molecular weight is 407 g/mol. The first-order valence-electron chi connectivity index (χ1n) is 9.00. The maximum atomic E-state index is 14.2. The molecule has 1 amide bonds. The van der Waals surface area contributed by atoms with E-state index in [0.29, 0.717) is 37.6 Å². The second kappa shape index (κ2) is 9.17. The zero-order valence-electron chi connectivity index (χ0n) is 15.4. The number of nitrogens with one attached hydrogen (secondary N) is 1. The number of hydrogen-bond acceptors (Lipinski definition) is 3. The first-order chi connectivity index (χ1) is 13.4. The molecule has 1 fully saturated rings.